The smallest absolute Gasteiger partial charge is 0.220 e. The first-order valence-electron chi connectivity index (χ1n) is 7.66. The maximum atomic E-state index is 11.8. The summed E-state index contributed by atoms with van der Waals surface area (Å²) in [6.45, 7) is 4.29. The standard InChI is InChI=1S/C15H30N2O/c1-3-4-5-12(2)17-15(18)11-8-13-6-9-14(16)10-7-13/h12-14H,3-11,16H2,1-2H3,(H,17,18). The summed E-state index contributed by atoms with van der Waals surface area (Å²) in [6.07, 6.45) is 9.92. The zero-order chi connectivity index (χ0) is 13.4. The van der Waals surface area contributed by atoms with Gasteiger partial charge in [-0.1, -0.05) is 19.8 Å². The van der Waals surface area contributed by atoms with E-state index >= 15 is 0 Å². The Labute approximate surface area is 112 Å². The van der Waals surface area contributed by atoms with Crippen LogP contribution in [0.1, 0.15) is 71.6 Å². The summed E-state index contributed by atoms with van der Waals surface area (Å²) in [5.41, 5.74) is 5.89. The number of unbranched alkanes of at least 4 members (excludes halogenated alkanes) is 1. The molecule has 0 aliphatic heterocycles. The van der Waals surface area contributed by atoms with E-state index in [1.807, 2.05) is 0 Å². The van der Waals surface area contributed by atoms with Gasteiger partial charge in [0.1, 0.15) is 0 Å². The van der Waals surface area contributed by atoms with Crippen molar-refractivity contribution in [3.8, 4) is 0 Å². The third-order valence-corrected chi connectivity index (χ3v) is 4.07. The lowest BCUT2D eigenvalue weighted by molar-refractivity contribution is -0.122. The summed E-state index contributed by atoms with van der Waals surface area (Å²) in [6, 6.07) is 0.737. The second-order valence-corrected chi connectivity index (χ2v) is 5.93. The van der Waals surface area contributed by atoms with E-state index in [1.165, 1.54) is 25.7 Å². The fraction of sp³-hybridized carbons (Fsp3) is 0.933. The van der Waals surface area contributed by atoms with Crippen molar-refractivity contribution < 1.29 is 4.79 Å². The monoisotopic (exact) mass is 254 g/mol. The molecule has 1 amide bonds. The van der Waals surface area contributed by atoms with Crippen molar-refractivity contribution in [2.75, 3.05) is 0 Å². The first-order chi connectivity index (χ1) is 8.61. The van der Waals surface area contributed by atoms with Crippen LogP contribution in [0.4, 0.5) is 0 Å². The summed E-state index contributed by atoms with van der Waals surface area (Å²) in [5, 5.41) is 3.10. The molecular formula is C15H30N2O. The Morgan fingerprint density at radius 2 is 2.00 bits per heavy atom. The van der Waals surface area contributed by atoms with Crippen LogP contribution in [-0.4, -0.2) is 18.0 Å². The van der Waals surface area contributed by atoms with Crippen LogP contribution in [0.25, 0.3) is 0 Å². The van der Waals surface area contributed by atoms with Crippen LogP contribution in [0.3, 0.4) is 0 Å². The lowest BCUT2D eigenvalue weighted by Crippen LogP contribution is -2.33. The van der Waals surface area contributed by atoms with Gasteiger partial charge in [-0.25, -0.2) is 0 Å². The zero-order valence-corrected chi connectivity index (χ0v) is 12.1. The number of nitrogens with one attached hydrogen (secondary N) is 1. The molecule has 0 spiro atoms. The molecule has 1 unspecified atom stereocenters. The molecule has 106 valence electrons. The Morgan fingerprint density at radius 1 is 1.33 bits per heavy atom. The lowest BCUT2D eigenvalue weighted by Gasteiger charge is -2.26. The fourth-order valence-corrected chi connectivity index (χ4v) is 2.74. The van der Waals surface area contributed by atoms with Gasteiger partial charge in [-0.2, -0.15) is 0 Å². The average molecular weight is 254 g/mol. The van der Waals surface area contributed by atoms with Crippen LogP contribution in [0, 0.1) is 5.92 Å². The van der Waals surface area contributed by atoms with E-state index in [9.17, 15) is 4.79 Å². The molecule has 1 aliphatic carbocycles. The van der Waals surface area contributed by atoms with Crippen molar-refractivity contribution in [1.29, 1.82) is 0 Å². The van der Waals surface area contributed by atoms with E-state index in [0.29, 0.717) is 18.5 Å². The maximum absolute atomic E-state index is 11.8. The normalized spacial score (nSPS) is 25.7. The molecule has 1 fully saturated rings. The maximum Gasteiger partial charge on any atom is 0.220 e. The first kappa shape index (κ1) is 15.5. The molecule has 0 aromatic rings. The van der Waals surface area contributed by atoms with Crippen molar-refractivity contribution in [3.05, 3.63) is 0 Å². The van der Waals surface area contributed by atoms with Crippen LogP contribution in [0.5, 0.6) is 0 Å². The minimum atomic E-state index is 0.230. The predicted octanol–water partition coefficient (Wildman–Crippen LogP) is 2.98. The molecule has 3 heteroatoms. The number of nitrogens with two attached hydrogens (primary N) is 1. The van der Waals surface area contributed by atoms with E-state index in [2.05, 4.69) is 19.2 Å². The Bertz CT molecular complexity index is 235. The highest BCUT2D eigenvalue weighted by molar-refractivity contribution is 5.76. The Morgan fingerprint density at radius 3 is 2.61 bits per heavy atom. The van der Waals surface area contributed by atoms with Gasteiger partial charge < -0.3 is 11.1 Å². The molecule has 1 aliphatic rings. The molecule has 0 saturated heterocycles. The first-order valence-corrected chi connectivity index (χ1v) is 7.66. The summed E-state index contributed by atoms with van der Waals surface area (Å²) >= 11 is 0. The van der Waals surface area contributed by atoms with E-state index in [4.69, 9.17) is 5.73 Å². The molecule has 18 heavy (non-hydrogen) atoms. The molecule has 0 bridgehead atoms. The van der Waals surface area contributed by atoms with Crippen molar-refractivity contribution in [2.24, 2.45) is 11.7 Å². The average Bonchev–Trinajstić information content (AvgIpc) is 2.35. The van der Waals surface area contributed by atoms with Crippen LogP contribution >= 0.6 is 0 Å². The number of hydrogen-bond acceptors (Lipinski definition) is 2. The lowest BCUT2D eigenvalue weighted by atomic mass is 9.84. The van der Waals surface area contributed by atoms with Crippen LogP contribution in [-0.2, 0) is 4.79 Å². The largest absolute Gasteiger partial charge is 0.354 e. The third-order valence-electron chi connectivity index (χ3n) is 4.07. The molecule has 0 aromatic heterocycles. The van der Waals surface area contributed by atoms with Gasteiger partial charge in [-0.05, 0) is 51.4 Å². The Balaban J connectivity index is 2.09. The molecular weight excluding hydrogens is 224 g/mol. The van der Waals surface area contributed by atoms with Gasteiger partial charge in [0.15, 0.2) is 0 Å². The van der Waals surface area contributed by atoms with E-state index in [0.717, 1.165) is 31.6 Å². The molecule has 3 nitrogen and oxygen atoms in total. The quantitative estimate of drug-likeness (QED) is 0.734. The Hall–Kier alpha value is -0.570. The highest BCUT2D eigenvalue weighted by Crippen LogP contribution is 2.26. The second-order valence-electron chi connectivity index (χ2n) is 5.93. The Kier molecular flexibility index (Phi) is 7.33. The van der Waals surface area contributed by atoms with Crippen molar-refractivity contribution >= 4 is 5.91 Å². The minimum Gasteiger partial charge on any atom is -0.354 e. The van der Waals surface area contributed by atoms with E-state index in [-0.39, 0.29) is 5.91 Å². The van der Waals surface area contributed by atoms with Crippen LogP contribution in [0.2, 0.25) is 0 Å². The van der Waals surface area contributed by atoms with E-state index < -0.39 is 0 Å². The minimum absolute atomic E-state index is 0.230. The molecule has 0 heterocycles. The molecule has 1 rings (SSSR count). The zero-order valence-electron chi connectivity index (χ0n) is 12.1. The highest BCUT2D eigenvalue weighted by Gasteiger charge is 2.19. The van der Waals surface area contributed by atoms with Gasteiger partial charge in [0.2, 0.25) is 5.91 Å². The SMILES string of the molecule is CCCCC(C)NC(=O)CCC1CCC(N)CC1. The number of amides is 1. The highest BCUT2D eigenvalue weighted by atomic mass is 16.1. The van der Waals surface area contributed by atoms with Gasteiger partial charge >= 0.3 is 0 Å². The topological polar surface area (TPSA) is 55.1 Å². The molecule has 0 aromatic carbocycles. The summed E-state index contributed by atoms with van der Waals surface area (Å²) in [7, 11) is 0. The second kappa shape index (κ2) is 8.52. The summed E-state index contributed by atoms with van der Waals surface area (Å²) in [5.74, 6) is 0.954. The molecule has 1 atom stereocenters. The van der Waals surface area contributed by atoms with Gasteiger partial charge in [0.05, 0.1) is 0 Å². The van der Waals surface area contributed by atoms with Crippen molar-refractivity contribution in [2.45, 2.75) is 83.7 Å². The number of rotatable bonds is 7. The third kappa shape index (κ3) is 6.39. The molecule has 3 N–H and O–H groups in total. The number of carbonyl (C=O) groups excluding carboxylic acids is 1. The fourth-order valence-electron chi connectivity index (χ4n) is 2.74. The summed E-state index contributed by atoms with van der Waals surface area (Å²) < 4.78 is 0. The van der Waals surface area contributed by atoms with Crippen molar-refractivity contribution in [3.63, 3.8) is 0 Å². The number of hydrogen-bond donors (Lipinski definition) is 2. The van der Waals surface area contributed by atoms with E-state index in [1.54, 1.807) is 0 Å². The predicted molar refractivity (Wildman–Crippen MR) is 76.3 cm³/mol. The molecule has 0 radical (unpaired) electrons. The van der Waals surface area contributed by atoms with Gasteiger partial charge in [-0.3, -0.25) is 4.79 Å². The summed E-state index contributed by atoms with van der Waals surface area (Å²) in [4.78, 5) is 11.8. The van der Waals surface area contributed by atoms with Gasteiger partial charge in [-0.15, -0.1) is 0 Å². The van der Waals surface area contributed by atoms with Crippen LogP contribution in [0.15, 0.2) is 0 Å². The van der Waals surface area contributed by atoms with Crippen molar-refractivity contribution in [1.82, 2.24) is 5.32 Å². The van der Waals surface area contributed by atoms with Gasteiger partial charge in [0.25, 0.3) is 0 Å². The molecule has 1 saturated carbocycles. The van der Waals surface area contributed by atoms with Crippen LogP contribution < -0.4 is 11.1 Å². The number of carbonyl (C=O) groups is 1. The van der Waals surface area contributed by atoms with Gasteiger partial charge in [0, 0.05) is 18.5 Å².